The van der Waals surface area contributed by atoms with Crippen molar-refractivity contribution < 1.29 is 0 Å². The van der Waals surface area contributed by atoms with E-state index in [1.54, 1.807) is 0 Å². The third-order valence-corrected chi connectivity index (χ3v) is 4.37. The second-order valence-electron chi connectivity index (χ2n) is 6.17. The van der Waals surface area contributed by atoms with Crippen LogP contribution >= 0.6 is 0 Å². The highest BCUT2D eigenvalue weighted by molar-refractivity contribution is 5.47. The molecule has 20 heavy (non-hydrogen) atoms. The summed E-state index contributed by atoms with van der Waals surface area (Å²) in [7, 11) is 4.43. The molecular weight excluding hydrogens is 246 g/mol. The Labute approximate surface area is 124 Å². The van der Waals surface area contributed by atoms with Gasteiger partial charge in [0.1, 0.15) is 0 Å². The normalized spacial score (nSPS) is 21.1. The topological polar surface area (TPSA) is 18.5 Å². The van der Waals surface area contributed by atoms with Gasteiger partial charge in [-0.05, 0) is 57.1 Å². The van der Waals surface area contributed by atoms with Crippen LogP contribution in [0.2, 0.25) is 0 Å². The third kappa shape index (κ3) is 3.97. The molecule has 0 amide bonds. The molecular formula is C17H29N3. The summed E-state index contributed by atoms with van der Waals surface area (Å²) in [6.07, 6.45) is 1.33. The van der Waals surface area contributed by atoms with Crippen LogP contribution < -0.4 is 10.2 Å². The molecule has 1 aliphatic heterocycles. The monoisotopic (exact) mass is 275 g/mol. The summed E-state index contributed by atoms with van der Waals surface area (Å²) in [5.41, 5.74) is 2.69. The van der Waals surface area contributed by atoms with Crippen LogP contribution in [0, 0.1) is 5.92 Å². The van der Waals surface area contributed by atoms with E-state index in [1.807, 2.05) is 0 Å². The maximum Gasteiger partial charge on any atom is 0.0363 e. The summed E-state index contributed by atoms with van der Waals surface area (Å²) in [5.74, 6) is 0.811. The van der Waals surface area contributed by atoms with Crippen molar-refractivity contribution in [2.45, 2.75) is 26.3 Å². The van der Waals surface area contributed by atoms with E-state index in [0.717, 1.165) is 19.0 Å². The van der Waals surface area contributed by atoms with Crippen molar-refractivity contribution in [3.05, 3.63) is 29.8 Å². The largest absolute Gasteiger partial charge is 0.374 e. The predicted molar refractivity (Wildman–Crippen MR) is 87.4 cm³/mol. The molecule has 0 radical (unpaired) electrons. The van der Waals surface area contributed by atoms with Crippen LogP contribution in [0.5, 0.6) is 0 Å². The van der Waals surface area contributed by atoms with Crippen LogP contribution in [-0.2, 0) is 0 Å². The molecule has 3 heteroatoms. The fraction of sp³-hybridized carbons (Fsp3) is 0.647. The number of hydrogen-bond donors (Lipinski definition) is 1. The molecule has 0 spiro atoms. The molecule has 112 valence electrons. The first kappa shape index (κ1) is 15.3. The van der Waals surface area contributed by atoms with Crippen LogP contribution in [0.4, 0.5) is 5.69 Å². The summed E-state index contributed by atoms with van der Waals surface area (Å²) in [5, 5.41) is 3.45. The predicted octanol–water partition coefficient (Wildman–Crippen LogP) is 2.75. The van der Waals surface area contributed by atoms with Crippen molar-refractivity contribution >= 4 is 5.69 Å². The molecule has 0 aliphatic carbocycles. The van der Waals surface area contributed by atoms with Crippen LogP contribution in [0.3, 0.4) is 0 Å². The molecule has 2 atom stereocenters. The molecule has 0 aromatic heterocycles. The Morgan fingerprint density at radius 3 is 2.60 bits per heavy atom. The van der Waals surface area contributed by atoms with Gasteiger partial charge in [0.25, 0.3) is 0 Å². The van der Waals surface area contributed by atoms with Crippen LogP contribution in [0.15, 0.2) is 24.3 Å². The van der Waals surface area contributed by atoms with E-state index in [9.17, 15) is 0 Å². The van der Waals surface area contributed by atoms with Gasteiger partial charge in [0, 0.05) is 31.9 Å². The van der Waals surface area contributed by atoms with Gasteiger partial charge in [0.15, 0.2) is 0 Å². The molecule has 1 aromatic carbocycles. The summed E-state index contributed by atoms with van der Waals surface area (Å²) < 4.78 is 0. The average molecular weight is 275 g/mol. The van der Waals surface area contributed by atoms with Gasteiger partial charge in [-0.15, -0.1) is 0 Å². The standard InChI is InChI=1S/C17H29N3/c1-5-18-14(2)16-6-8-17(9-7-16)20(4)13-15-10-11-19(3)12-15/h6-9,14-15,18H,5,10-13H2,1-4H3. The van der Waals surface area contributed by atoms with E-state index < -0.39 is 0 Å². The van der Waals surface area contributed by atoms with Gasteiger partial charge in [-0.2, -0.15) is 0 Å². The van der Waals surface area contributed by atoms with E-state index in [4.69, 9.17) is 0 Å². The van der Waals surface area contributed by atoms with Crippen molar-refractivity contribution in [1.82, 2.24) is 10.2 Å². The molecule has 1 saturated heterocycles. The lowest BCUT2D eigenvalue weighted by atomic mass is 10.1. The van der Waals surface area contributed by atoms with E-state index in [-0.39, 0.29) is 0 Å². The van der Waals surface area contributed by atoms with E-state index in [0.29, 0.717) is 6.04 Å². The Kier molecular flexibility index (Phi) is 5.44. The third-order valence-electron chi connectivity index (χ3n) is 4.37. The highest BCUT2D eigenvalue weighted by Gasteiger charge is 2.20. The molecule has 2 rings (SSSR count). The fourth-order valence-electron chi connectivity index (χ4n) is 3.11. The summed E-state index contributed by atoms with van der Waals surface area (Å²) in [6.45, 7) is 9.02. The zero-order valence-corrected chi connectivity index (χ0v) is 13.4. The highest BCUT2D eigenvalue weighted by atomic mass is 15.1. The van der Waals surface area contributed by atoms with Crippen molar-refractivity contribution in [2.24, 2.45) is 5.92 Å². The van der Waals surface area contributed by atoms with Gasteiger partial charge in [-0.1, -0.05) is 19.1 Å². The molecule has 0 bridgehead atoms. The zero-order valence-electron chi connectivity index (χ0n) is 13.4. The maximum absolute atomic E-state index is 3.45. The summed E-state index contributed by atoms with van der Waals surface area (Å²) in [4.78, 5) is 4.82. The Morgan fingerprint density at radius 2 is 2.05 bits per heavy atom. The average Bonchev–Trinajstić information content (AvgIpc) is 2.84. The Hall–Kier alpha value is -1.06. The number of nitrogens with one attached hydrogen (secondary N) is 1. The molecule has 1 aliphatic rings. The molecule has 1 fully saturated rings. The van der Waals surface area contributed by atoms with E-state index in [2.05, 4.69) is 67.3 Å². The van der Waals surface area contributed by atoms with E-state index in [1.165, 1.54) is 30.8 Å². The molecule has 0 saturated carbocycles. The first-order valence-corrected chi connectivity index (χ1v) is 7.83. The van der Waals surface area contributed by atoms with Crippen LogP contribution in [-0.4, -0.2) is 45.2 Å². The molecule has 3 nitrogen and oxygen atoms in total. The number of anilines is 1. The maximum atomic E-state index is 3.45. The van der Waals surface area contributed by atoms with Gasteiger partial charge in [0.2, 0.25) is 0 Å². The number of nitrogens with zero attached hydrogens (tertiary/aromatic N) is 2. The highest BCUT2D eigenvalue weighted by Crippen LogP contribution is 2.21. The van der Waals surface area contributed by atoms with Crippen LogP contribution in [0.1, 0.15) is 31.9 Å². The van der Waals surface area contributed by atoms with Crippen molar-refractivity contribution in [1.29, 1.82) is 0 Å². The molecule has 1 heterocycles. The lowest BCUT2D eigenvalue weighted by Crippen LogP contribution is -2.27. The van der Waals surface area contributed by atoms with Crippen LogP contribution in [0.25, 0.3) is 0 Å². The minimum absolute atomic E-state index is 0.433. The molecule has 2 unspecified atom stereocenters. The Bertz CT molecular complexity index is 401. The minimum atomic E-state index is 0.433. The lowest BCUT2D eigenvalue weighted by molar-refractivity contribution is 0.396. The zero-order chi connectivity index (χ0) is 14.5. The number of rotatable bonds is 6. The molecule has 1 N–H and O–H groups in total. The van der Waals surface area contributed by atoms with Gasteiger partial charge < -0.3 is 15.1 Å². The quantitative estimate of drug-likeness (QED) is 0.861. The smallest absolute Gasteiger partial charge is 0.0363 e. The van der Waals surface area contributed by atoms with E-state index >= 15 is 0 Å². The van der Waals surface area contributed by atoms with Gasteiger partial charge in [-0.25, -0.2) is 0 Å². The minimum Gasteiger partial charge on any atom is -0.374 e. The summed E-state index contributed by atoms with van der Waals surface area (Å²) >= 11 is 0. The SMILES string of the molecule is CCNC(C)c1ccc(N(C)CC2CCN(C)C2)cc1. The first-order chi connectivity index (χ1) is 9.60. The second-order valence-corrected chi connectivity index (χ2v) is 6.17. The fourth-order valence-corrected chi connectivity index (χ4v) is 3.11. The Balaban J connectivity index is 1.91. The number of benzene rings is 1. The molecule has 1 aromatic rings. The van der Waals surface area contributed by atoms with Crippen molar-refractivity contribution in [3.63, 3.8) is 0 Å². The second kappa shape index (κ2) is 7.09. The van der Waals surface area contributed by atoms with Crippen molar-refractivity contribution in [3.8, 4) is 0 Å². The number of likely N-dealkylation sites (tertiary alicyclic amines) is 1. The Morgan fingerprint density at radius 1 is 1.35 bits per heavy atom. The van der Waals surface area contributed by atoms with Gasteiger partial charge >= 0.3 is 0 Å². The van der Waals surface area contributed by atoms with Crippen molar-refractivity contribution in [2.75, 3.05) is 45.2 Å². The number of hydrogen-bond acceptors (Lipinski definition) is 3. The lowest BCUT2D eigenvalue weighted by Gasteiger charge is -2.24. The van der Waals surface area contributed by atoms with Gasteiger partial charge in [-0.3, -0.25) is 0 Å². The van der Waals surface area contributed by atoms with Gasteiger partial charge in [0.05, 0.1) is 0 Å². The summed E-state index contributed by atoms with van der Waals surface area (Å²) in [6, 6.07) is 9.44. The first-order valence-electron chi connectivity index (χ1n) is 7.83.